The Bertz CT molecular complexity index is 1210. The Labute approximate surface area is 182 Å². The number of aromatic nitrogens is 2. The molecular weight excluding hydrogens is 412 g/mol. The molecule has 1 unspecified atom stereocenters. The second kappa shape index (κ2) is 7.81. The van der Waals surface area contributed by atoms with Gasteiger partial charge in [-0.15, -0.1) is 11.3 Å². The van der Waals surface area contributed by atoms with Gasteiger partial charge in [-0.2, -0.15) is 4.98 Å². The molecule has 0 radical (unpaired) electrons. The third-order valence-electron chi connectivity index (χ3n) is 5.26. The normalized spacial score (nSPS) is 18.4. The summed E-state index contributed by atoms with van der Waals surface area (Å²) in [5.41, 5.74) is 0.472. The van der Waals surface area contributed by atoms with Gasteiger partial charge in [0.1, 0.15) is 6.54 Å². The SMILES string of the molecule is O=C1NC(Cc2ccccc2)(c2ccccc2)C(=O)N1Cc1nc(-c2cccs2)no1. The van der Waals surface area contributed by atoms with Crippen LogP contribution in [0.1, 0.15) is 17.0 Å². The molecule has 1 saturated heterocycles. The highest BCUT2D eigenvalue weighted by Crippen LogP contribution is 2.34. The van der Waals surface area contributed by atoms with Gasteiger partial charge in [0.2, 0.25) is 11.7 Å². The zero-order valence-electron chi connectivity index (χ0n) is 16.4. The molecule has 1 N–H and O–H groups in total. The molecule has 2 aromatic carbocycles. The van der Waals surface area contributed by atoms with Crippen LogP contribution in [0.2, 0.25) is 0 Å². The summed E-state index contributed by atoms with van der Waals surface area (Å²) in [5.74, 6) is 0.301. The minimum atomic E-state index is -1.20. The second-order valence-electron chi connectivity index (χ2n) is 7.24. The van der Waals surface area contributed by atoms with Crippen LogP contribution >= 0.6 is 11.3 Å². The van der Waals surface area contributed by atoms with Crippen LogP contribution in [0.15, 0.2) is 82.7 Å². The van der Waals surface area contributed by atoms with E-state index in [9.17, 15) is 9.59 Å². The van der Waals surface area contributed by atoms with Gasteiger partial charge in [0, 0.05) is 6.42 Å². The van der Waals surface area contributed by atoms with Gasteiger partial charge in [-0.05, 0) is 22.6 Å². The number of thiophene rings is 1. The summed E-state index contributed by atoms with van der Waals surface area (Å²) in [5, 5.41) is 8.82. The van der Waals surface area contributed by atoms with Gasteiger partial charge in [-0.3, -0.25) is 9.69 Å². The summed E-state index contributed by atoms with van der Waals surface area (Å²) in [7, 11) is 0. The van der Waals surface area contributed by atoms with E-state index < -0.39 is 11.6 Å². The minimum absolute atomic E-state index is 0.0909. The number of carbonyl (C=O) groups excluding carboxylic acids is 2. The number of rotatable bonds is 6. The van der Waals surface area contributed by atoms with E-state index in [1.165, 1.54) is 11.3 Å². The van der Waals surface area contributed by atoms with Gasteiger partial charge in [-0.25, -0.2) is 4.79 Å². The van der Waals surface area contributed by atoms with Crippen molar-refractivity contribution in [1.29, 1.82) is 0 Å². The maximum absolute atomic E-state index is 13.6. The van der Waals surface area contributed by atoms with Gasteiger partial charge < -0.3 is 9.84 Å². The van der Waals surface area contributed by atoms with Crippen molar-refractivity contribution in [2.24, 2.45) is 0 Å². The summed E-state index contributed by atoms with van der Waals surface area (Å²) in [4.78, 5) is 32.9. The quantitative estimate of drug-likeness (QED) is 0.467. The van der Waals surface area contributed by atoms with E-state index in [1.807, 2.05) is 78.2 Å². The van der Waals surface area contributed by atoms with Crippen molar-refractivity contribution in [3.63, 3.8) is 0 Å². The molecule has 1 aliphatic rings. The van der Waals surface area contributed by atoms with Gasteiger partial charge in [0.15, 0.2) is 5.54 Å². The van der Waals surface area contributed by atoms with Gasteiger partial charge >= 0.3 is 6.03 Å². The standard InChI is InChI=1S/C23H18N4O3S/c28-21-23(17-10-5-2-6-11-17,14-16-8-3-1-4-9-16)25-22(29)27(21)15-19-24-20(26-30-19)18-12-7-13-31-18/h1-13H,14-15H2,(H,25,29). The largest absolute Gasteiger partial charge is 0.337 e. The zero-order chi connectivity index (χ0) is 21.3. The number of amides is 3. The summed E-state index contributed by atoms with van der Waals surface area (Å²) in [6.45, 7) is -0.0909. The molecular formula is C23H18N4O3S. The van der Waals surface area contributed by atoms with E-state index in [2.05, 4.69) is 15.5 Å². The van der Waals surface area contributed by atoms with Crippen molar-refractivity contribution in [2.75, 3.05) is 0 Å². The number of hydrogen-bond donors (Lipinski definition) is 1. The number of carbonyl (C=O) groups is 2. The van der Waals surface area contributed by atoms with Gasteiger partial charge in [0.25, 0.3) is 5.91 Å². The van der Waals surface area contributed by atoms with Crippen molar-refractivity contribution < 1.29 is 14.1 Å². The van der Waals surface area contributed by atoms with Crippen LogP contribution in [0.3, 0.4) is 0 Å². The number of hydrogen-bond acceptors (Lipinski definition) is 6. The van der Waals surface area contributed by atoms with Crippen LogP contribution < -0.4 is 5.32 Å². The first-order valence-corrected chi connectivity index (χ1v) is 10.6. The Morgan fingerprint density at radius 2 is 1.71 bits per heavy atom. The maximum Gasteiger partial charge on any atom is 0.325 e. The van der Waals surface area contributed by atoms with Crippen LogP contribution in [-0.2, 0) is 23.3 Å². The van der Waals surface area contributed by atoms with E-state index in [0.717, 1.165) is 20.9 Å². The molecule has 2 aromatic heterocycles. The number of benzene rings is 2. The zero-order valence-corrected chi connectivity index (χ0v) is 17.2. The Kier molecular flexibility index (Phi) is 4.83. The highest BCUT2D eigenvalue weighted by atomic mass is 32.1. The average molecular weight is 430 g/mol. The molecule has 1 fully saturated rings. The van der Waals surface area contributed by atoms with Crippen molar-refractivity contribution in [3.8, 4) is 10.7 Å². The van der Waals surface area contributed by atoms with Crippen molar-refractivity contribution in [1.82, 2.24) is 20.4 Å². The molecule has 0 bridgehead atoms. The molecule has 3 heterocycles. The first-order valence-electron chi connectivity index (χ1n) is 9.76. The maximum atomic E-state index is 13.6. The van der Waals surface area contributed by atoms with Crippen LogP contribution in [0.4, 0.5) is 4.79 Å². The van der Waals surface area contributed by atoms with Crippen LogP contribution in [0.5, 0.6) is 0 Å². The Morgan fingerprint density at radius 1 is 0.968 bits per heavy atom. The summed E-state index contributed by atoms with van der Waals surface area (Å²) >= 11 is 1.49. The predicted molar refractivity (Wildman–Crippen MR) is 115 cm³/mol. The lowest BCUT2D eigenvalue weighted by molar-refractivity contribution is -0.132. The molecule has 0 aliphatic carbocycles. The topological polar surface area (TPSA) is 88.3 Å². The fourth-order valence-corrected chi connectivity index (χ4v) is 4.42. The summed E-state index contributed by atoms with van der Waals surface area (Å²) in [6, 6.07) is 22.2. The minimum Gasteiger partial charge on any atom is -0.337 e. The molecule has 3 amide bonds. The van der Waals surface area contributed by atoms with E-state index >= 15 is 0 Å². The number of urea groups is 1. The highest BCUT2D eigenvalue weighted by Gasteiger charge is 2.52. The van der Waals surface area contributed by atoms with E-state index in [1.54, 1.807) is 0 Å². The lowest BCUT2D eigenvalue weighted by Gasteiger charge is -2.27. The predicted octanol–water partition coefficient (Wildman–Crippen LogP) is 3.99. The Hall–Kier alpha value is -3.78. The molecule has 1 aliphatic heterocycles. The lowest BCUT2D eigenvalue weighted by atomic mass is 9.83. The molecule has 0 saturated carbocycles. The third-order valence-corrected chi connectivity index (χ3v) is 6.12. The van der Waals surface area contributed by atoms with E-state index in [4.69, 9.17) is 4.52 Å². The fourth-order valence-electron chi connectivity index (χ4n) is 3.77. The number of imide groups is 1. The Morgan fingerprint density at radius 3 is 2.42 bits per heavy atom. The average Bonchev–Trinajstić information content (AvgIpc) is 3.53. The van der Waals surface area contributed by atoms with E-state index in [-0.39, 0.29) is 18.3 Å². The fraction of sp³-hybridized carbons (Fsp3) is 0.130. The first kappa shape index (κ1) is 19.2. The summed E-state index contributed by atoms with van der Waals surface area (Å²) in [6.07, 6.45) is 0.337. The molecule has 7 nitrogen and oxygen atoms in total. The molecule has 154 valence electrons. The number of nitrogens with one attached hydrogen (secondary N) is 1. The summed E-state index contributed by atoms with van der Waals surface area (Å²) < 4.78 is 5.31. The molecule has 1 atom stereocenters. The highest BCUT2D eigenvalue weighted by molar-refractivity contribution is 7.13. The van der Waals surface area contributed by atoms with Gasteiger partial charge in [0.05, 0.1) is 4.88 Å². The second-order valence-corrected chi connectivity index (χ2v) is 8.19. The van der Waals surface area contributed by atoms with Crippen molar-refractivity contribution in [2.45, 2.75) is 18.5 Å². The third kappa shape index (κ3) is 3.51. The van der Waals surface area contributed by atoms with Crippen molar-refractivity contribution in [3.05, 3.63) is 95.2 Å². The molecule has 5 rings (SSSR count). The lowest BCUT2D eigenvalue weighted by Crippen LogP contribution is -2.46. The van der Waals surface area contributed by atoms with Crippen LogP contribution in [0.25, 0.3) is 10.7 Å². The van der Waals surface area contributed by atoms with Crippen LogP contribution in [0, 0.1) is 0 Å². The van der Waals surface area contributed by atoms with Gasteiger partial charge in [-0.1, -0.05) is 71.9 Å². The smallest absolute Gasteiger partial charge is 0.325 e. The molecule has 31 heavy (non-hydrogen) atoms. The van der Waals surface area contributed by atoms with E-state index in [0.29, 0.717) is 12.2 Å². The number of nitrogens with zero attached hydrogens (tertiary/aromatic N) is 3. The molecule has 0 spiro atoms. The molecule has 4 aromatic rings. The Balaban J connectivity index is 1.47. The first-order chi connectivity index (χ1) is 15.2. The van der Waals surface area contributed by atoms with Crippen LogP contribution in [-0.4, -0.2) is 27.0 Å². The van der Waals surface area contributed by atoms with Crippen molar-refractivity contribution >= 4 is 23.3 Å². The molecule has 8 heteroatoms. The monoisotopic (exact) mass is 430 g/mol.